The van der Waals surface area contributed by atoms with Crippen LogP contribution >= 0.6 is 0 Å². The Morgan fingerprint density at radius 2 is 1.82 bits per heavy atom. The fourth-order valence-electron chi connectivity index (χ4n) is 3.50. The van der Waals surface area contributed by atoms with Crippen molar-refractivity contribution in [1.82, 2.24) is 14.5 Å². The molecule has 1 amide bonds. The van der Waals surface area contributed by atoms with Crippen LogP contribution < -0.4 is 5.32 Å². The molecule has 1 N–H and O–H groups in total. The van der Waals surface area contributed by atoms with Crippen LogP contribution in [-0.2, 0) is 14.8 Å². The van der Waals surface area contributed by atoms with Gasteiger partial charge in [-0.05, 0) is 57.4 Å². The number of carbonyl (C=O) groups is 1. The van der Waals surface area contributed by atoms with Gasteiger partial charge in [-0.3, -0.25) is 9.69 Å². The van der Waals surface area contributed by atoms with Crippen LogP contribution in [0.1, 0.15) is 41.8 Å². The fourth-order valence-corrected chi connectivity index (χ4v) is 4.71. The number of ether oxygens (including phenoxy) is 1. The number of rotatable bonds is 7. The van der Waals surface area contributed by atoms with E-state index in [-0.39, 0.29) is 23.0 Å². The number of benzene rings is 1. The predicted octanol–water partition coefficient (Wildman–Crippen LogP) is 1.78. The first-order chi connectivity index (χ1) is 13.0. The second kappa shape index (κ2) is 9.35. The van der Waals surface area contributed by atoms with Gasteiger partial charge in [-0.1, -0.05) is 0 Å². The summed E-state index contributed by atoms with van der Waals surface area (Å²) in [5.74, 6) is -0.248. The molecule has 28 heavy (non-hydrogen) atoms. The van der Waals surface area contributed by atoms with Crippen molar-refractivity contribution in [2.24, 2.45) is 0 Å². The molecule has 8 heteroatoms. The van der Waals surface area contributed by atoms with Crippen LogP contribution in [0.3, 0.4) is 0 Å². The van der Waals surface area contributed by atoms with Gasteiger partial charge in [0.15, 0.2) is 0 Å². The largest absolute Gasteiger partial charge is 0.373 e. The zero-order chi connectivity index (χ0) is 21.1. The van der Waals surface area contributed by atoms with Gasteiger partial charge in [0.25, 0.3) is 5.91 Å². The number of morpholine rings is 1. The summed E-state index contributed by atoms with van der Waals surface area (Å²) in [6.07, 6.45) is 1.29. The Morgan fingerprint density at radius 1 is 1.21 bits per heavy atom. The van der Waals surface area contributed by atoms with Gasteiger partial charge in [-0.25, -0.2) is 12.7 Å². The number of amides is 1. The van der Waals surface area contributed by atoms with E-state index in [2.05, 4.69) is 24.1 Å². The summed E-state index contributed by atoms with van der Waals surface area (Å²) in [5.41, 5.74) is 1.82. The third-order valence-corrected chi connectivity index (χ3v) is 7.01. The third-order valence-electron chi connectivity index (χ3n) is 5.07. The van der Waals surface area contributed by atoms with Gasteiger partial charge in [0.05, 0.1) is 17.1 Å². The SMILES string of the molecule is Cc1cc(C(=O)NCCCN2C[C@H](C)O[C@@H](C)C2)cc(S(=O)(=O)N(C)C)c1C. The lowest BCUT2D eigenvalue weighted by Gasteiger charge is -2.35. The Bertz CT molecular complexity index is 798. The van der Waals surface area contributed by atoms with E-state index in [9.17, 15) is 13.2 Å². The van der Waals surface area contributed by atoms with Crippen LogP contribution in [0.25, 0.3) is 0 Å². The average molecular weight is 412 g/mol. The van der Waals surface area contributed by atoms with Gasteiger partial charge in [-0.2, -0.15) is 0 Å². The summed E-state index contributed by atoms with van der Waals surface area (Å²) in [7, 11) is -0.621. The highest BCUT2D eigenvalue weighted by Crippen LogP contribution is 2.23. The molecule has 1 aliphatic heterocycles. The molecule has 0 spiro atoms. The second-order valence-corrected chi connectivity index (χ2v) is 9.95. The second-order valence-electron chi connectivity index (χ2n) is 7.83. The number of nitrogens with zero attached hydrogens (tertiary/aromatic N) is 2. The monoisotopic (exact) mass is 411 g/mol. The highest BCUT2D eigenvalue weighted by atomic mass is 32.2. The minimum atomic E-state index is -3.60. The molecule has 0 aromatic heterocycles. The van der Waals surface area contributed by atoms with E-state index in [4.69, 9.17) is 4.74 Å². The smallest absolute Gasteiger partial charge is 0.251 e. The number of sulfonamides is 1. The molecule has 1 aliphatic rings. The van der Waals surface area contributed by atoms with E-state index in [1.807, 2.05) is 6.92 Å². The van der Waals surface area contributed by atoms with Gasteiger partial charge >= 0.3 is 0 Å². The number of hydrogen-bond acceptors (Lipinski definition) is 5. The lowest BCUT2D eigenvalue weighted by molar-refractivity contribution is -0.0680. The molecule has 2 rings (SSSR count). The third kappa shape index (κ3) is 5.53. The van der Waals surface area contributed by atoms with E-state index in [1.54, 1.807) is 13.0 Å². The van der Waals surface area contributed by atoms with Gasteiger partial charge < -0.3 is 10.1 Å². The Kier molecular flexibility index (Phi) is 7.61. The minimum Gasteiger partial charge on any atom is -0.373 e. The van der Waals surface area contributed by atoms with Crippen molar-refractivity contribution in [3.05, 3.63) is 28.8 Å². The molecule has 1 fully saturated rings. The van der Waals surface area contributed by atoms with E-state index < -0.39 is 10.0 Å². The maximum absolute atomic E-state index is 12.6. The molecule has 1 saturated heterocycles. The average Bonchev–Trinajstić information content (AvgIpc) is 2.59. The quantitative estimate of drug-likeness (QED) is 0.692. The van der Waals surface area contributed by atoms with E-state index in [0.717, 1.165) is 31.6 Å². The topological polar surface area (TPSA) is 79.0 Å². The molecule has 0 unspecified atom stereocenters. The van der Waals surface area contributed by atoms with E-state index in [0.29, 0.717) is 17.7 Å². The van der Waals surface area contributed by atoms with Crippen molar-refractivity contribution in [1.29, 1.82) is 0 Å². The van der Waals surface area contributed by atoms with Crippen molar-refractivity contribution >= 4 is 15.9 Å². The van der Waals surface area contributed by atoms with Crippen molar-refractivity contribution in [3.8, 4) is 0 Å². The van der Waals surface area contributed by atoms with Crippen LogP contribution in [-0.4, -0.2) is 76.0 Å². The van der Waals surface area contributed by atoms with Crippen LogP contribution in [0.15, 0.2) is 17.0 Å². The van der Waals surface area contributed by atoms with E-state index in [1.165, 1.54) is 24.5 Å². The zero-order valence-corrected chi connectivity index (χ0v) is 18.6. The van der Waals surface area contributed by atoms with Crippen LogP contribution in [0.4, 0.5) is 0 Å². The lowest BCUT2D eigenvalue weighted by atomic mass is 10.1. The lowest BCUT2D eigenvalue weighted by Crippen LogP contribution is -2.46. The molecule has 2 atom stereocenters. The molecule has 0 radical (unpaired) electrons. The molecule has 1 aromatic carbocycles. The van der Waals surface area contributed by atoms with Gasteiger partial charge in [-0.15, -0.1) is 0 Å². The summed E-state index contributed by atoms with van der Waals surface area (Å²) in [6.45, 7) is 11.0. The number of hydrogen-bond donors (Lipinski definition) is 1. The molecule has 1 heterocycles. The number of aryl methyl sites for hydroxylation is 1. The molecule has 0 saturated carbocycles. The van der Waals surface area contributed by atoms with Crippen molar-refractivity contribution in [3.63, 3.8) is 0 Å². The Morgan fingerprint density at radius 3 is 2.39 bits per heavy atom. The summed E-state index contributed by atoms with van der Waals surface area (Å²) in [5, 5.41) is 2.91. The molecule has 1 aromatic rings. The van der Waals surface area contributed by atoms with Gasteiger partial charge in [0.2, 0.25) is 10.0 Å². The normalized spacial score (nSPS) is 21.1. The maximum atomic E-state index is 12.6. The highest BCUT2D eigenvalue weighted by Gasteiger charge is 2.23. The van der Waals surface area contributed by atoms with Crippen LogP contribution in [0, 0.1) is 13.8 Å². The summed E-state index contributed by atoms with van der Waals surface area (Å²) in [6, 6.07) is 3.21. The first-order valence-electron chi connectivity index (χ1n) is 9.72. The standard InChI is InChI=1S/C20H33N3O4S/c1-14-10-18(11-19(17(14)4)28(25,26)22(5)6)20(24)21-8-7-9-23-12-15(2)27-16(3)13-23/h10-11,15-16H,7-9,12-13H2,1-6H3,(H,21,24)/t15-,16-/m0/s1. The van der Waals surface area contributed by atoms with Gasteiger partial charge in [0.1, 0.15) is 0 Å². The molecule has 7 nitrogen and oxygen atoms in total. The van der Waals surface area contributed by atoms with Crippen LogP contribution in [0.5, 0.6) is 0 Å². The van der Waals surface area contributed by atoms with Crippen molar-refractivity contribution < 1.29 is 17.9 Å². The maximum Gasteiger partial charge on any atom is 0.251 e. The van der Waals surface area contributed by atoms with Gasteiger partial charge in [0, 0.05) is 45.8 Å². The van der Waals surface area contributed by atoms with Crippen molar-refractivity contribution in [2.75, 3.05) is 40.3 Å². The number of nitrogens with one attached hydrogen (secondary N) is 1. The Balaban J connectivity index is 1.98. The molecular weight excluding hydrogens is 378 g/mol. The predicted molar refractivity (Wildman–Crippen MR) is 110 cm³/mol. The van der Waals surface area contributed by atoms with E-state index >= 15 is 0 Å². The summed E-state index contributed by atoms with van der Waals surface area (Å²) in [4.78, 5) is 15.1. The first kappa shape index (κ1) is 22.8. The molecule has 0 aliphatic carbocycles. The zero-order valence-electron chi connectivity index (χ0n) is 17.8. The molecular formula is C20H33N3O4S. The fraction of sp³-hybridized carbons (Fsp3) is 0.650. The summed E-state index contributed by atoms with van der Waals surface area (Å²) >= 11 is 0. The minimum absolute atomic E-state index is 0.180. The Labute approximate surface area is 169 Å². The summed E-state index contributed by atoms with van der Waals surface area (Å²) < 4.78 is 32.0. The van der Waals surface area contributed by atoms with Crippen LogP contribution in [0.2, 0.25) is 0 Å². The first-order valence-corrected chi connectivity index (χ1v) is 11.2. The number of carbonyl (C=O) groups excluding carboxylic acids is 1. The highest BCUT2D eigenvalue weighted by molar-refractivity contribution is 7.89. The molecule has 158 valence electrons. The molecule has 0 bridgehead atoms. The van der Waals surface area contributed by atoms with Crippen molar-refractivity contribution in [2.45, 2.75) is 51.2 Å². The Hall–Kier alpha value is -1.48.